The van der Waals surface area contributed by atoms with Gasteiger partial charge in [-0.1, -0.05) is 0 Å². The minimum atomic E-state index is -4.75. The van der Waals surface area contributed by atoms with Crippen molar-refractivity contribution in [3.8, 4) is 5.75 Å². The number of hydrogen-bond donors (Lipinski definition) is 1. The summed E-state index contributed by atoms with van der Waals surface area (Å²) >= 11 is 0. The summed E-state index contributed by atoms with van der Waals surface area (Å²) in [5.41, 5.74) is -2.11. The molecule has 0 aliphatic heterocycles. The fourth-order valence-corrected chi connectivity index (χ4v) is 0.884. The molecule has 0 saturated heterocycles. The third-order valence-corrected chi connectivity index (χ3v) is 1.55. The van der Waals surface area contributed by atoms with Gasteiger partial charge in [-0.3, -0.25) is 4.79 Å². The van der Waals surface area contributed by atoms with Crippen LogP contribution in [-0.2, 0) is 6.18 Å². The van der Waals surface area contributed by atoms with Crippen LogP contribution in [0.25, 0.3) is 0 Å². The Hall–Kier alpha value is -1.59. The second-order valence-corrected chi connectivity index (χ2v) is 2.51. The number of aromatic hydroxyl groups is 1. The Morgan fingerprint density at radius 2 is 1.86 bits per heavy atom. The van der Waals surface area contributed by atoms with Crippen molar-refractivity contribution in [2.24, 2.45) is 0 Å². The molecule has 0 saturated carbocycles. The monoisotopic (exact) mass is 208 g/mol. The number of benzene rings is 1. The van der Waals surface area contributed by atoms with Gasteiger partial charge in [-0.2, -0.15) is 13.2 Å². The van der Waals surface area contributed by atoms with Crippen LogP contribution in [0.2, 0.25) is 0 Å². The molecule has 0 heterocycles. The molecular formula is C8H4F4O2. The van der Waals surface area contributed by atoms with Gasteiger partial charge in [-0.05, 0) is 12.1 Å². The topological polar surface area (TPSA) is 37.3 Å². The Bertz CT molecular complexity index is 347. The number of alkyl halides is 3. The van der Waals surface area contributed by atoms with Gasteiger partial charge >= 0.3 is 6.18 Å². The summed E-state index contributed by atoms with van der Waals surface area (Å²) in [5.74, 6) is -2.42. The Morgan fingerprint density at radius 3 is 2.21 bits per heavy atom. The van der Waals surface area contributed by atoms with Crippen LogP contribution in [0.1, 0.15) is 15.9 Å². The summed E-state index contributed by atoms with van der Waals surface area (Å²) in [6.45, 7) is 0. The first-order chi connectivity index (χ1) is 6.36. The number of phenolic OH excluding ortho intramolecular Hbond substituents is 1. The maximum atomic E-state index is 12.8. The molecule has 1 rings (SSSR count). The summed E-state index contributed by atoms with van der Waals surface area (Å²) in [7, 11) is 0. The highest BCUT2D eigenvalue weighted by Gasteiger charge is 2.32. The van der Waals surface area contributed by atoms with Crippen molar-refractivity contribution in [1.29, 1.82) is 0 Å². The van der Waals surface area contributed by atoms with Crippen LogP contribution in [0.4, 0.5) is 17.6 Å². The quantitative estimate of drug-likeness (QED) is 0.568. The lowest BCUT2D eigenvalue weighted by Crippen LogP contribution is -2.06. The van der Waals surface area contributed by atoms with Crippen molar-refractivity contribution in [1.82, 2.24) is 0 Å². The number of phenols is 1. The molecular weight excluding hydrogens is 204 g/mol. The molecule has 0 aromatic heterocycles. The fourth-order valence-electron chi connectivity index (χ4n) is 0.884. The molecule has 1 N–H and O–H groups in total. The third-order valence-electron chi connectivity index (χ3n) is 1.55. The van der Waals surface area contributed by atoms with E-state index in [9.17, 15) is 22.4 Å². The van der Waals surface area contributed by atoms with E-state index in [0.717, 1.165) is 0 Å². The molecule has 0 amide bonds. The molecule has 2 nitrogen and oxygen atoms in total. The zero-order chi connectivity index (χ0) is 10.9. The molecule has 0 unspecified atom stereocenters. The smallest absolute Gasteiger partial charge is 0.416 e. The van der Waals surface area contributed by atoms with E-state index in [-0.39, 0.29) is 12.4 Å². The molecule has 6 heteroatoms. The van der Waals surface area contributed by atoms with Crippen LogP contribution in [0.5, 0.6) is 5.75 Å². The van der Waals surface area contributed by atoms with Gasteiger partial charge in [-0.25, -0.2) is 4.39 Å². The Balaban J connectivity index is 3.35. The highest BCUT2D eigenvalue weighted by Crippen LogP contribution is 2.33. The normalized spacial score (nSPS) is 11.4. The Kier molecular flexibility index (Phi) is 2.46. The van der Waals surface area contributed by atoms with Crippen LogP contribution < -0.4 is 0 Å². The van der Waals surface area contributed by atoms with Crippen molar-refractivity contribution < 1.29 is 27.5 Å². The predicted molar refractivity (Wildman–Crippen MR) is 38.5 cm³/mol. The predicted octanol–water partition coefficient (Wildman–Crippen LogP) is 2.36. The van der Waals surface area contributed by atoms with Crippen molar-refractivity contribution in [3.05, 3.63) is 29.1 Å². The highest BCUT2D eigenvalue weighted by molar-refractivity contribution is 5.79. The second kappa shape index (κ2) is 3.28. The van der Waals surface area contributed by atoms with Gasteiger partial charge in [0.05, 0.1) is 11.1 Å². The first-order valence-electron chi connectivity index (χ1n) is 3.41. The number of carbonyl (C=O) groups excluding carboxylic acids is 1. The molecule has 14 heavy (non-hydrogen) atoms. The number of hydrogen-bond acceptors (Lipinski definition) is 2. The SMILES string of the molecule is O=Cc1c(O)cc(C(F)(F)F)cc1F. The number of halogens is 4. The van der Waals surface area contributed by atoms with Crippen molar-refractivity contribution in [2.75, 3.05) is 0 Å². The number of aldehydes is 1. The molecule has 0 aliphatic carbocycles. The van der Waals surface area contributed by atoms with Gasteiger partial charge in [0.15, 0.2) is 6.29 Å². The van der Waals surface area contributed by atoms with Crippen LogP contribution in [0.3, 0.4) is 0 Å². The average molecular weight is 208 g/mol. The van der Waals surface area contributed by atoms with Crippen molar-refractivity contribution >= 4 is 6.29 Å². The molecule has 0 atom stereocenters. The van der Waals surface area contributed by atoms with Crippen LogP contribution in [-0.4, -0.2) is 11.4 Å². The molecule has 0 bridgehead atoms. The van der Waals surface area contributed by atoms with E-state index < -0.39 is 28.9 Å². The first-order valence-corrected chi connectivity index (χ1v) is 3.41. The zero-order valence-corrected chi connectivity index (χ0v) is 6.60. The summed E-state index contributed by atoms with van der Waals surface area (Å²) < 4.78 is 48.8. The maximum absolute atomic E-state index is 12.8. The van der Waals surface area contributed by atoms with Gasteiger partial charge in [0, 0.05) is 0 Å². The maximum Gasteiger partial charge on any atom is 0.416 e. The van der Waals surface area contributed by atoms with Crippen LogP contribution in [0.15, 0.2) is 12.1 Å². The average Bonchev–Trinajstić information content (AvgIpc) is 2.01. The lowest BCUT2D eigenvalue weighted by Gasteiger charge is -2.08. The van der Waals surface area contributed by atoms with Gasteiger partial charge in [-0.15, -0.1) is 0 Å². The minimum Gasteiger partial charge on any atom is -0.507 e. The Labute approximate surface area is 75.8 Å². The minimum absolute atomic E-state index is 0.0508. The van der Waals surface area contributed by atoms with E-state index in [4.69, 9.17) is 5.11 Å². The standard InChI is InChI=1S/C8H4F4O2/c9-6-1-4(8(10,11)12)2-7(14)5(6)3-13/h1-3,14H. The van der Waals surface area contributed by atoms with Gasteiger partial charge < -0.3 is 5.11 Å². The summed E-state index contributed by atoms with van der Waals surface area (Å²) in [6, 6.07) is 0.455. The Morgan fingerprint density at radius 1 is 1.29 bits per heavy atom. The highest BCUT2D eigenvalue weighted by atomic mass is 19.4. The molecule has 76 valence electrons. The van der Waals surface area contributed by atoms with Crippen molar-refractivity contribution in [3.63, 3.8) is 0 Å². The molecule has 0 aliphatic rings. The fraction of sp³-hybridized carbons (Fsp3) is 0.125. The lowest BCUT2D eigenvalue weighted by atomic mass is 10.1. The lowest BCUT2D eigenvalue weighted by molar-refractivity contribution is -0.137. The summed E-state index contributed by atoms with van der Waals surface area (Å²) in [6.07, 6.45) is -4.80. The second-order valence-electron chi connectivity index (χ2n) is 2.51. The summed E-state index contributed by atoms with van der Waals surface area (Å²) in [4.78, 5) is 10.1. The molecule has 0 fully saturated rings. The van der Waals surface area contributed by atoms with E-state index >= 15 is 0 Å². The van der Waals surface area contributed by atoms with E-state index in [2.05, 4.69) is 0 Å². The van der Waals surface area contributed by atoms with Gasteiger partial charge in [0.25, 0.3) is 0 Å². The molecule has 0 radical (unpaired) electrons. The molecule has 0 spiro atoms. The number of carbonyl (C=O) groups is 1. The molecule has 1 aromatic rings. The number of rotatable bonds is 1. The van der Waals surface area contributed by atoms with Crippen LogP contribution in [0, 0.1) is 5.82 Å². The van der Waals surface area contributed by atoms with E-state index in [1.807, 2.05) is 0 Å². The largest absolute Gasteiger partial charge is 0.507 e. The zero-order valence-electron chi connectivity index (χ0n) is 6.60. The van der Waals surface area contributed by atoms with Crippen molar-refractivity contribution in [2.45, 2.75) is 6.18 Å². The van der Waals surface area contributed by atoms with Crippen LogP contribution >= 0.6 is 0 Å². The van der Waals surface area contributed by atoms with E-state index in [1.54, 1.807) is 0 Å². The van der Waals surface area contributed by atoms with E-state index in [0.29, 0.717) is 6.07 Å². The molecule has 1 aromatic carbocycles. The summed E-state index contributed by atoms with van der Waals surface area (Å²) in [5, 5.41) is 8.86. The van der Waals surface area contributed by atoms with Gasteiger partial charge in [0.1, 0.15) is 11.6 Å². The third kappa shape index (κ3) is 1.84. The first kappa shape index (κ1) is 10.5. The van der Waals surface area contributed by atoms with E-state index in [1.165, 1.54) is 0 Å². The van der Waals surface area contributed by atoms with Gasteiger partial charge in [0.2, 0.25) is 0 Å².